The summed E-state index contributed by atoms with van der Waals surface area (Å²) < 4.78 is 0. The van der Waals surface area contributed by atoms with E-state index in [0.717, 1.165) is 18.7 Å². The lowest BCUT2D eigenvalue weighted by molar-refractivity contribution is 0.239. The molecule has 0 aromatic carbocycles. The molecule has 1 aliphatic heterocycles. The predicted molar refractivity (Wildman–Crippen MR) is 70.5 cm³/mol. The normalized spacial score (nSPS) is 21.4. The minimum absolute atomic E-state index is 0.0813. The average Bonchev–Trinajstić information content (AvgIpc) is 2.86. The first-order valence-corrected chi connectivity index (χ1v) is 6.42. The van der Waals surface area contributed by atoms with E-state index >= 15 is 0 Å². The Morgan fingerprint density at radius 3 is 3.22 bits per heavy atom. The molecule has 5 nitrogen and oxygen atoms in total. The van der Waals surface area contributed by atoms with Gasteiger partial charge in [-0.05, 0) is 37.4 Å². The largest absolute Gasteiger partial charge is 0.409 e. The zero-order valence-corrected chi connectivity index (χ0v) is 10.7. The van der Waals surface area contributed by atoms with Crippen LogP contribution in [0.1, 0.15) is 37.4 Å². The van der Waals surface area contributed by atoms with Crippen LogP contribution in [0.15, 0.2) is 23.5 Å². The van der Waals surface area contributed by atoms with E-state index in [1.54, 1.807) is 6.20 Å². The molecule has 2 rings (SSSR count). The van der Waals surface area contributed by atoms with Gasteiger partial charge in [-0.15, -0.1) is 0 Å². The minimum Gasteiger partial charge on any atom is -0.409 e. The molecule has 1 unspecified atom stereocenters. The zero-order chi connectivity index (χ0) is 13.0. The average molecular weight is 248 g/mol. The van der Waals surface area contributed by atoms with Gasteiger partial charge in [0.25, 0.3) is 0 Å². The lowest BCUT2D eigenvalue weighted by Crippen LogP contribution is -2.30. The van der Waals surface area contributed by atoms with Crippen molar-refractivity contribution in [2.75, 3.05) is 6.54 Å². The van der Waals surface area contributed by atoms with Crippen molar-refractivity contribution in [3.8, 4) is 0 Å². The number of nitrogens with zero attached hydrogens (tertiary/aromatic N) is 3. The van der Waals surface area contributed by atoms with Crippen LogP contribution >= 0.6 is 0 Å². The molecular formula is C13H20N4O. The molecule has 1 aliphatic rings. The first-order valence-electron chi connectivity index (χ1n) is 6.42. The number of likely N-dealkylation sites (tertiary alicyclic amines) is 1. The summed E-state index contributed by atoms with van der Waals surface area (Å²) in [4.78, 5) is 6.65. The smallest absolute Gasteiger partial charge is 0.189 e. The summed E-state index contributed by atoms with van der Waals surface area (Å²) in [6.45, 7) is 4.15. The quantitative estimate of drug-likeness (QED) is 0.367. The standard InChI is InChI=1S/C13H20N4O/c1-2-11-6-4-8-17(11)9-10-5-3-7-15-12(10)13(14)16-18/h3,5,7,11,18H,2,4,6,8-9H2,1H3,(H2,14,16). The van der Waals surface area contributed by atoms with Crippen molar-refractivity contribution in [3.05, 3.63) is 29.6 Å². The van der Waals surface area contributed by atoms with E-state index in [1.807, 2.05) is 12.1 Å². The van der Waals surface area contributed by atoms with Crippen LogP contribution in [-0.4, -0.2) is 33.5 Å². The Morgan fingerprint density at radius 1 is 1.67 bits per heavy atom. The van der Waals surface area contributed by atoms with Crippen LogP contribution < -0.4 is 5.73 Å². The molecule has 0 spiro atoms. The molecule has 0 saturated carbocycles. The van der Waals surface area contributed by atoms with Crippen molar-refractivity contribution in [3.63, 3.8) is 0 Å². The second-order valence-corrected chi connectivity index (χ2v) is 4.67. The first kappa shape index (κ1) is 12.8. The first-order chi connectivity index (χ1) is 8.76. The fourth-order valence-corrected chi connectivity index (χ4v) is 2.63. The van der Waals surface area contributed by atoms with Gasteiger partial charge in [-0.1, -0.05) is 18.1 Å². The van der Waals surface area contributed by atoms with Gasteiger partial charge in [0.2, 0.25) is 0 Å². The highest BCUT2D eigenvalue weighted by atomic mass is 16.4. The fourth-order valence-electron chi connectivity index (χ4n) is 2.63. The molecule has 18 heavy (non-hydrogen) atoms. The van der Waals surface area contributed by atoms with E-state index in [0.29, 0.717) is 11.7 Å². The summed E-state index contributed by atoms with van der Waals surface area (Å²) in [7, 11) is 0. The molecule has 0 aliphatic carbocycles. The Balaban J connectivity index is 2.18. The van der Waals surface area contributed by atoms with Crippen molar-refractivity contribution < 1.29 is 5.21 Å². The van der Waals surface area contributed by atoms with Crippen LogP contribution in [0.25, 0.3) is 0 Å². The zero-order valence-electron chi connectivity index (χ0n) is 10.7. The number of nitrogens with two attached hydrogens (primary N) is 1. The second kappa shape index (κ2) is 5.82. The third-order valence-electron chi connectivity index (χ3n) is 3.59. The highest BCUT2D eigenvalue weighted by Crippen LogP contribution is 2.22. The molecule has 1 aromatic rings. The van der Waals surface area contributed by atoms with Gasteiger partial charge in [0.15, 0.2) is 5.84 Å². The third-order valence-corrected chi connectivity index (χ3v) is 3.59. The molecule has 0 bridgehead atoms. The van der Waals surface area contributed by atoms with Gasteiger partial charge in [0.1, 0.15) is 5.69 Å². The summed E-state index contributed by atoms with van der Waals surface area (Å²) in [5.41, 5.74) is 7.26. The van der Waals surface area contributed by atoms with E-state index < -0.39 is 0 Å². The SMILES string of the molecule is CCC1CCCN1Cc1cccnc1C(N)=NO. The fraction of sp³-hybridized carbons (Fsp3) is 0.538. The number of amidine groups is 1. The van der Waals surface area contributed by atoms with E-state index in [4.69, 9.17) is 10.9 Å². The summed E-state index contributed by atoms with van der Waals surface area (Å²) >= 11 is 0. The molecule has 1 aromatic heterocycles. The Morgan fingerprint density at radius 2 is 2.50 bits per heavy atom. The second-order valence-electron chi connectivity index (χ2n) is 4.67. The van der Waals surface area contributed by atoms with E-state index in [-0.39, 0.29) is 5.84 Å². The minimum atomic E-state index is 0.0813. The number of hydrogen-bond donors (Lipinski definition) is 2. The molecule has 1 saturated heterocycles. The molecular weight excluding hydrogens is 228 g/mol. The maximum absolute atomic E-state index is 8.78. The van der Waals surface area contributed by atoms with Crippen LogP contribution in [0.2, 0.25) is 0 Å². The predicted octanol–water partition coefficient (Wildman–Crippen LogP) is 1.55. The molecule has 0 amide bonds. The number of pyridine rings is 1. The summed E-state index contributed by atoms with van der Waals surface area (Å²) in [5.74, 6) is 0.0813. The van der Waals surface area contributed by atoms with Gasteiger partial charge in [0.05, 0.1) is 0 Å². The molecule has 1 atom stereocenters. The molecule has 0 radical (unpaired) electrons. The molecule has 98 valence electrons. The van der Waals surface area contributed by atoms with Crippen LogP contribution in [0.4, 0.5) is 0 Å². The Hall–Kier alpha value is -1.62. The van der Waals surface area contributed by atoms with E-state index in [9.17, 15) is 0 Å². The Kier molecular flexibility index (Phi) is 4.15. The van der Waals surface area contributed by atoms with Crippen molar-refractivity contribution in [1.82, 2.24) is 9.88 Å². The van der Waals surface area contributed by atoms with Gasteiger partial charge in [-0.25, -0.2) is 0 Å². The van der Waals surface area contributed by atoms with Crippen LogP contribution in [0.5, 0.6) is 0 Å². The molecule has 3 N–H and O–H groups in total. The van der Waals surface area contributed by atoms with E-state index in [2.05, 4.69) is 22.0 Å². The van der Waals surface area contributed by atoms with Crippen LogP contribution in [-0.2, 0) is 6.54 Å². The highest BCUT2D eigenvalue weighted by Gasteiger charge is 2.23. The van der Waals surface area contributed by atoms with Gasteiger partial charge < -0.3 is 10.9 Å². The third kappa shape index (κ3) is 2.61. The maximum Gasteiger partial charge on any atom is 0.189 e. The highest BCUT2D eigenvalue weighted by molar-refractivity contribution is 5.96. The van der Waals surface area contributed by atoms with Crippen molar-refractivity contribution >= 4 is 5.84 Å². The number of oxime groups is 1. The van der Waals surface area contributed by atoms with Crippen molar-refractivity contribution in [2.24, 2.45) is 10.9 Å². The van der Waals surface area contributed by atoms with Gasteiger partial charge in [-0.2, -0.15) is 0 Å². The number of hydrogen-bond acceptors (Lipinski definition) is 4. The van der Waals surface area contributed by atoms with Gasteiger partial charge in [-0.3, -0.25) is 9.88 Å². The molecule has 2 heterocycles. The lowest BCUT2D eigenvalue weighted by atomic mass is 10.1. The Bertz CT molecular complexity index is 433. The topological polar surface area (TPSA) is 74.7 Å². The number of rotatable bonds is 4. The van der Waals surface area contributed by atoms with Crippen LogP contribution in [0, 0.1) is 0 Å². The van der Waals surface area contributed by atoms with E-state index in [1.165, 1.54) is 19.3 Å². The van der Waals surface area contributed by atoms with Crippen molar-refractivity contribution in [2.45, 2.75) is 38.8 Å². The monoisotopic (exact) mass is 248 g/mol. The number of aromatic nitrogens is 1. The van der Waals surface area contributed by atoms with Gasteiger partial charge in [0, 0.05) is 18.8 Å². The summed E-state index contributed by atoms with van der Waals surface area (Å²) in [6.07, 6.45) is 5.34. The molecule has 1 fully saturated rings. The Labute approximate surface area is 107 Å². The maximum atomic E-state index is 8.78. The molecule has 5 heteroatoms. The van der Waals surface area contributed by atoms with Crippen molar-refractivity contribution in [1.29, 1.82) is 0 Å². The summed E-state index contributed by atoms with van der Waals surface area (Å²) in [5, 5.41) is 11.8. The summed E-state index contributed by atoms with van der Waals surface area (Å²) in [6, 6.07) is 4.52. The van der Waals surface area contributed by atoms with Crippen LogP contribution in [0.3, 0.4) is 0 Å². The van der Waals surface area contributed by atoms with Gasteiger partial charge >= 0.3 is 0 Å². The lowest BCUT2D eigenvalue weighted by Gasteiger charge is -2.23.